The van der Waals surface area contributed by atoms with Crippen LogP contribution in [-0.4, -0.2) is 15.3 Å². The lowest BCUT2D eigenvalue weighted by Gasteiger charge is -2.24. The fourth-order valence-electron chi connectivity index (χ4n) is 2.46. The molecule has 9 heteroatoms. The number of aromatic nitrogens is 2. The number of H-pyrrole nitrogens is 1. The minimum absolute atomic E-state index is 0.0558. The van der Waals surface area contributed by atoms with Crippen LogP contribution in [0.1, 0.15) is 22.7 Å². The average molecular weight is 322 g/mol. The number of fused-ring (bicyclic) bond motifs is 1. The molecular weight excluding hydrogens is 313 g/mol. The molecule has 2 aromatic rings. The number of nitrogens with zero attached hydrogens (tertiary/aromatic N) is 2. The largest absolute Gasteiger partial charge is 0.508 e. The summed E-state index contributed by atoms with van der Waals surface area (Å²) in [6.07, 6.45) is -4.70. The molecule has 0 unspecified atom stereocenters. The lowest BCUT2D eigenvalue weighted by atomic mass is 9.84. The smallest absolute Gasteiger partial charge is 0.433 e. The van der Waals surface area contributed by atoms with E-state index in [1.165, 1.54) is 24.3 Å². The van der Waals surface area contributed by atoms with Crippen LogP contribution in [0.4, 0.5) is 13.2 Å². The maximum absolute atomic E-state index is 13.2. The molecule has 1 atom stereocenters. The van der Waals surface area contributed by atoms with E-state index in [9.17, 15) is 23.5 Å². The van der Waals surface area contributed by atoms with E-state index in [2.05, 4.69) is 5.10 Å². The van der Waals surface area contributed by atoms with Crippen LogP contribution in [0.5, 0.6) is 11.6 Å². The number of ether oxygens (including phenoxy) is 1. The van der Waals surface area contributed by atoms with Crippen LogP contribution in [0.3, 0.4) is 0 Å². The van der Waals surface area contributed by atoms with E-state index in [-0.39, 0.29) is 28.6 Å². The number of phenolic OH excluding ortho intramolecular Hbond substituents is 1. The predicted octanol–water partition coefficient (Wildman–Crippen LogP) is 2.35. The van der Waals surface area contributed by atoms with Crippen molar-refractivity contribution < 1.29 is 23.0 Å². The normalized spacial score (nSPS) is 17.4. The minimum atomic E-state index is -4.70. The molecule has 23 heavy (non-hydrogen) atoms. The van der Waals surface area contributed by atoms with E-state index in [4.69, 9.17) is 10.5 Å². The molecule has 2 heterocycles. The summed E-state index contributed by atoms with van der Waals surface area (Å²) in [7, 11) is 0. The third-order valence-electron chi connectivity index (χ3n) is 3.45. The first kappa shape index (κ1) is 14.8. The van der Waals surface area contributed by atoms with Gasteiger partial charge in [0.25, 0.3) is 0 Å². The highest BCUT2D eigenvalue weighted by atomic mass is 19.4. The highest BCUT2D eigenvalue weighted by Gasteiger charge is 2.44. The average Bonchev–Trinajstić information content (AvgIpc) is 2.90. The maximum atomic E-state index is 13.2. The number of nitrogens with two attached hydrogens (primary N) is 1. The summed E-state index contributed by atoms with van der Waals surface area (Å²) in [5, 5.41) is 24.0. The van der Waals surface area contributed by atoms with Crippen LogP contribution in [0.25, 0.3) is 0 Å². The number of hydrogen-bond donors (Lipinski definition) is 3. The molecule has 1 aliphatic heterocycles. The predicted molar refractivity (Wildman–Crippen MR) is 71.0 cm³/mol. The summed E-state index contributed by atoms with van der Waals surface area (Å²) >= 11 is 0. The second-order valence-electron chi connectivity index (χ2n) is 4.83. The van der Waals surface area contributed by atoms with Crippen LogP contribution in [0, 0.1) is 11.3 Å². The number of aromatic amines is 1. The second kappa shape index (κ2) is 4.95. The van der Waals surface area contributed by atoms with E-state index >= 15 is 0 Å². The summed E-state index contributed by atoms with van der Waals surface area (Å²) in [6, 6.07) is 7.22. The summed E-state index contributed by atoms with van der Waals surface area (Å²) < 4.78 is 44.6. The van der Waals surface area contributed by atoms with Crippen molar-refractivity contribution in [2.45, 2.75) is 12.1 Å². The Morgan fingerprint density at radius 2 is 1.96 bits per heavy atom. The van der Waals surface area contributed by atoms with Gasteiger partial charge in [-0.15, -0.1) is 5.10 Å². The quantitative estimate of drug-likeness (QED) is 0.747. The van der Waals surface area contributed by atoms with Gasteiger partial charge in [-0.1, -0.05) is 12.1 Å². The van der Waals surface area contributed by atoms with E-state index in [0.717, 1.165) is 0 Å². The Labute approximate surface area is 127 Å². The third-order valence-corrected chi connectivity index (χ3v) is 3.45. The van der Waals surface area contributed by atoms with Crippen LogP contribution in [-0.2, 0) is 6.18 Å². The SMILES string of the molecule is N#CC1=C(N)Oc2n[nH]c(C(F)(F)F)c2[C@@H]1c1ccc(O)cc1. The molecular formula is C14H9F3N4O2. The van der Waals surface area contributed by atoms with Crippen molar-refractivity contribution in [1.82, 2.24) is 10.2 Å². The highest BCUT2D eigenvalue weighted by Crippen LogP contribution is 2.46. The molecule has 0 saturated carbocycles. The van der Waals surface area contributed by atoms with Crippen LogP contribution in [0.2, 0.25) is 0 Å². The molecule has 0 spiro atoms. The Kier molecular flexibility index (Phi) is 3.18. The summed E-state index contributed by atoms with van der Waals surface area (Å²) in [5.74, 6) is -1.79. The van der Waals surface area contributed by atoms with Crippen molar-refractivity contribution in [3.05, 3.63) is 52.5 Å². The lowest BCUT2D eigenvalue weighted by Crippen LogP contribution is -2.22. The summed E-state index contributed by atoms with van der Waals surface area (Å²) in [4.78, 5) is 0. The Balaban J connectivity index is 2.26. The number of alkyl halides is 3. The number of nitriles is 1. The van der Waals surface area contributed by atoms with Crippen molar-refractivity contribution in [1.29, 1.82) is 5.26 Å². The van der Waals surface area contributed by atoms with Gasteiger partial charge in [0.05, 0.1) is 11.5 Å². The molecule has 0 bridgehead atoms. The molecule has 0 amide bonds. The molecule has 118 valence electrons. The van der Waals surface area contributed by atoms with Gasteiger partial charge in [-0.3, -0.25) is 5.10 Å². The van der Waals surface area contributed by atoms with Crippen LogP contribution >= 0.6 is 0 Å². The molecule has 6 nitrogen and oxygen atoms in total. The number of rotatable bonds is 1. The first-order valence-corrected chi connectivity index (χ1v) is 6.35. The number of nitrogens with one attached hydrogen (secondary N) is 1. The van der Waals surface area contributed by atoms with Crippen molar-refractivity contribution in [3.63, 3.8) is 0 Å². The molecule has 1 aromatic carbocycles. The van der Waals surface area contributed by atoms with E-state index in [1.807, 2.05) is 5.10 Å². The molecule has 4 N–H and O–H groups in total. The number of aromatic hydroxyl groups is 1. The molecule has 1 aromatic heterocycles. The fraction of sp³-hybridized carbons (Fsp3) is 0.143. The van der Waals surface area contributed by atoms with E-state index in [0.29, 0.717) is 5.56 Å². The first-order chi connectivity index (χ1) is 10.8. The van der Waals surface area contributed by atoms with Gasteiger partial charge < -0.3 is 15.6 Å². The van der Waals surface area contributed by atoms with Gasteiger partial charge in [0.2, 0.25) is 11.8 Å². The van der Waals surface area contributed by atoms with Gasteiger partial charge in [0.1, 0.15) is 23.1 Å². The first-order valence-electron chi connectivity index (χ1n) is 6.35. The fourth-order valence-corrected chi connectivity index (χ4v) is 2.46. The number of halogens is 3. The zero-order valence-corrected chi connectivity index (χ0v) is 11.3. The lowest BCUT2D eigenvalue weighted by molar-refractivity contribution is -0.141. The molecule has 0 saturated heterocycles. The number of benzene rings is 1. The standard InChI is InChI=1S/C14H9F3N4O2/c15-14(16,17)11-10-9(6-1-3-7(22)4-2-6)8(5-18)12(19)23-13(10)21-20-11/h1-4,9,22H,19H2,(H,20,21)/t9-/m1/s1. The Bertz CT molecular complexity index is 831. The van der Waals surface area contributed by atoms with Crippen molar-refractivity contribution >= 4 is 0 Å². The Morgan fingerprint density at radius 1 is 1.30 bits per heavy atom. The zero-order chi connectivity index (χ0) is 16.8. The Hall–Kier alpha value is -3.15. The van der Waals surface area contributed by atoms with Gasteiger partial charge in [0, 0.05) is 0 Å². The molecule has 0 radical (unpaired) electrons. The van der Waals surface area contributed by atoms with Gasteiger partial charge in [-0.2, -0.15) is 18.4 Å². The Morgan fingerprint density at radius 3 is 2.52 bits per heavy atom. The van der Waals surface area contributed by atoms with Crippen molar-refractivity contribution in [2.75, 3.05) is 0 Å². The van der Waals surface area contributed by atoms with E-state index in [1.54, 1.807) is 6.07 Å². The second-order valence-corrected chi connectivity index (χ2v) is 4.83. The summed E-state index contributed by atoms with van der Waals surface area (Å²) in [6.45, 7) is 0. The molecule has 0 fully saturated rings. The zero-order valence-electron chi connectivity index (χ0n) is 11.3. The minimum Gasteiger partial charge on any atom is -0.508 e. The maximum Gasteiger partial charge on any atom is 0.433 e. The van der Waals surface area contributed by atoms with Gasteiger partial charge in [-0.05, 0) is 17.7 Å². The van der Waals surface area contributed by atoms with Gasteiger partial charge in [0.15, 0.2) is 0 Å². The van der Waals surface area contributed by atoms with Crippen LogP contribution < -0.4 is 10.5 Å². The van der Waals surface area contributed by atoms with E-state index < -0.39 is 17.8 Å². The number of hydrogen-bond acceptors (Lipinski definition) is 5. The molecule has 1 aliphatic rings. The monoisotopic (exact) mass is 322 g/mol. The van der Waals surface area contributed by atoms with Crippen molar-refractivity contribution in [3.8, 4) is 17.7 Å². The number of phenols is 1. The van der Waals surface area contributed by atoms with Crippen molar-refractivity contribution in [2.24, 2.45) is 5.73 Å². The topological polar surface area (TPSA) is 108 Å². The number of allylic oxidation sites excluding steroid dienone is 1. The van der Waals surface area contributed by atoms with Gasteiger partial charge in [-0.25, -0.2) is 0 Å². The van der Waals surface area contributed by atoms with Crippen LogP contribution in [0.15, 0.2) is 35.7 Å². The van der Waals surface area contributed by atoms with Gasteiger partial charge >= 0.3 is 6.18 Å². The highest BCUT2D eigenvalue weighted by molar-refractivity contribution is 5.55. The summed E-state index contributed by atoms with van der Waals surface area (Å²) in [5.41, 5.74) is 4.40. The molecule has 0 aliphatic carbocycles. The third kappa shape index (κ3) is 2.34. The molecule has 3 rings (SSSR count).